The van der Waals surface area contributed by atoms with Crippen LogP contribution in [0.3, 0.4) is 0 Å². The van der Waals surface area contributed by atoms with Gasteiger partial charge in [0.1, 0.15) is 6.54 Å². The molecule has 3 aromatic carbocycles. The minimum Gasteiger partial charge on any atom is -0.469 e. The number of methoxy groups -OCH3 is 2. The molecule has 0 amide bonds. The van der Waals surface area contributed by atoms with Gasteiger partial charge < -0.3 is 18.7 Å². The molecule has 0 aromatic heterocycles. The summed E-state index contributed by atoms with van der Waals surface area (Å²) in [7, 11) is 2.76. The van der Waals surface area contributed by atoms with Crippen molar-refractivity contribution in [1.82, 2.24) is 0 Å². The van der Waals surface area contributed by atoms with E-state index in [9.17, 15) is 9.59 Å². The van der Waals surface area contributed by atoms with Crippen molar-refractivity contribution in [3.05, 3.63) is 66.7 Å². The molecule has 34 heavy (non-hydrogen) atoms. The van der Waals surface area contributed by atoms with Crippen molar-refractivity contribution in [3.8, 4) is 12.3 Å². The second-order valence-electron chi connectivity index (χ2n) is 7.63. The van der Waals surface area contributed by atoms with Crippen LogP contribution in [0.4, 0.5) is 11.4 Å². The summed E-state index contributed by atoms with van der Waals surface area (Å²) in [5.41, 5.74) is 1.79. The van der Waals surface area contributed by atoms with E-state index in [2.05, 4.69) is 5.92 Å². The summed E-state index contributed by atoms with van der Waals surface area (Å²) in [4.78, 5) is 27.2. The largest absolute Gasteiger partial charge is 0.469 e. The third-order valence-corrected chi connectivity index (χ3v) is 6.43. The van der Waals surface area contributed by atoms with Crippen LogP contribution in [0, 0.1) is 12.3 Å². The lowest BCUT2D eigenvalue weighted by Crippen LogP contribution is -2.35. The summed E-state index contributed by atoms with van der Waals surface area (Å²) < 4.78 is 11.7. The normalized spacial score (nSPS) is 11.4. The van der Waals surface area contributed by atoms with Crippen molar-refractivity contribution >= 4 is 46.0 Å². The zero-order chi connectivity index (χ0) is 24.5. The number of anilines is 2. The summed E-state index contributed by atoms with van der Waals surface area (Å²) in [6, 6.07) is 21.6. The zero-order valence-corrected chi connectivity index (χ0v) is 20.4. The summed E-state index contributed by atoms with van der Waals surface area (Å²) in [5, 5.41) is 1.93. The van der Waals surface area contributed by atoms with Gasteiger partial charge in [-0.05, 0) is 43.1 Å². The maximum atomic E-state index is 12.3. The summed E-state index contributed by atoms with van der Waals surface area (Å²) in [5.74, 6) is 2.08. The van der Waals surface area contributed by atoms with Crippen LogP contribution >= 0.6 is 11.9 Å². The molecule has 0 heterocycles. The van der Waals surface area contributed by atoms with Crippen molar-refractivity contribution in [2.45, 2.75) is 24.3 Å². The van der Waals surface area contributed by atoms with Crippen LogP contribution in [0.5, 0.6) is 0 Å². The van der Waals surface area contributed by atoms with Gasteiger partial charge in [-0.2, -0.15) is 0 Å². The first-order valence-electron chi connectivity index (χ1n) is 10.8. The minimum absolute atomic E-state index is 0.0756. The highest BCUT2D eigenvalue weighted by Gasteiger charge is 2.22. The lowest BCUT2D eigenvalue weighted by Gasteiger charge is -2.31. The van der Waals surface area contributed by atoms with Crippen LogP contribution < -0.4 is 9.21 Å². The Bertz CT molecular complexity index is 1180. The Morgan fingerprint density at radius 3 is 2.12 bits per heavy atom. The summed E-state index contributed by atoms with van der Waals surface area (Å²) in [6.45, 7) is 2.37. The third-order valence-electron chi connectivity index (χ3n) is 5.40. The number of ether oxygens (including phenoxy) is 2. The van der Waals surface area contributed by atoms with E-state index in [1.807, 2.05) is 82.9 Å². The molecule has 6 nitrogen and oxygen atoms in total. The second kappa shape index (κ2) is 12.0. The smallest absolute Gasteiger partial charge is 0.326 e. The highest BCUT2D eigenvalue weighted by atomic mass is 32.2. The van der Waals surface area contributed by atoms with Gasteiger partial charge in [0.15, 0.2) is 0 Å². The van der Waals surface area contributed by atoms with E-state index in [0.717, 1.165) is 27.0 Å². The van der Waals surface area contributed by atoms with Crippen molar-refractivity contribution in [2.24, 2.45) is 0 Å². The fraction of sp³-hybridized carbons (Fsp3) is 0.259. The van der Waals surface area contributed by atoms with Crippen molar-refractivity contribution < 1.29 is 19.1 Å². The number of nitrogens with zero attached hydrogens (tertiary/aromatic N) is 2. The molecule has 0 aliphatic carbocycles. The lowest BCUT2D eigenvalue weighted by atomic mass is 10.0. The van der Waals surface area contributed by atoms with E-state index >= 15 is 0 Å². The first-order chi connectivity index (χ1) is 16.5. The summed E-state index contributed by atoms with van der Waals surface area (Å²) >= 11 is 1.47. The molecule has 0 spiro atoms. The second-order valence-corrected chi connectivity index (χ2v) is 8.72. The molecule has 0 aliphatic heterocycles. The molecule has 0 aliphatic rings. The Labute approximate surface area is 205 Å². The van der Waals surface area contributed by atoms with E-state index in [1.54, 1.807) is 0 Å². The monoisotopic (exact) mass is 476 g/mol. The predicted molar refractivity (Wildman–Crippen MR) is 138 cm³/mol. The van der Waals surface area contributed by atoms with E-state index in [1.165, 1.54) is 26.2 Å². The maximum Gasteiger partial charge on any atom is 0.326 e. The number of hydrogen-bond acceptors (Lipinski definition) is 7. The maximum absolute atomic E-state index is 12.3. The molecule has 0 bridgehead atoms. The van der Waals surface area contributed by atoms with E-state index in [0.29, 0.717) is 6.54 Å². The van der Waals surface area contributed by atoms with Gasteiger partial charge in [-0.25, -0.2) is 0 Å². The fourth-order valence-electron chi connectivity index (χ4n) is 3.70. The molecular formula is C27H28N2O4S. The number of rotatable bonds is 10. The van der Waals surface area contributed by atoms with Crippen LogP contribution in [0.2, 0.25) is 0 Å². The Balaban J connectivity index is 2.08. The number of hydrogen-bond donors (Lipinski definition) is 0. The number of esters is 2. The van der Waals surface area contributed by atoms with Gasteiger partial charge in [0.05, 0.1) is 32.9 Å². The van der Waals surface area contributed by atoms with Crippen LogP contribution in [-0.4, -0.2) is 45.3 Å². The van der Waals surface area contributed by atoms with Gasteiger partial charge >= 0.3 is 11.9 Å². The topological polar surface area (TPSA) is 59.1 Å². The highest BCUT2D eigenvalue weighted by Crippen LogP contribution is 2.39. The molecule has 3 rings (SSSR count). The number of benzene rings is 3. The van der Waals surface area contributed by atoms with Gasteiger partial charge in [0, 0.05) is 27.4 Å². The van der Waals surface area contributed by atoms with Crippen LogP contribution in [0.15, 0.2) is 71.6 Å². The molecule has 1 atom stereocenters. The van der Waals surface area contributed by atoms with Crippen molar-refractivity contribution in [3.63, 3.8) is 0 Å². The predicted octanol–water partition coefficient (Wildman–Crippen LogP) is 4.92. The quantitative estimate of drug-likeness (QED) is 0.234. The zero-order valence-electron chi connectivity index (χ0n) is 19.6. The Morgan fingerprint density at radius 2 is 1.50 bits per heavy atom. The Hall–Kier alpha value is -3.63. The highest BCUT2D eigenvalue weighted by molar-refractivity contribution is 8.00. The minimum atomic E-state index is -0.336. The molecule has 176 valence electrons. The third kappa shape index (κ3) is 6.03. The molecule has 0 saturated heterocycles. The first-order valence-corrected chi connectivity index (χ1v) is 11.6. The van der Waals surface area contributed by atoms with Crippen molar-refractivity contribution in [1.29, 1.82) is 0 Å². The number of carbonyl (C=O) groups excluding carboxylic acids is 2. The first kappa shape index (κ1) is 25.0. The van der Waals surface area contributed by atoms with Gasteiger partial charge in [0.2, 0.25) is 0 Å². The van der Waals surface area contributed by atoms with Crippen LogP contribution in [0.1, 0.15) is 13.3 Å². The average Bonchev–Trinajstić information content (AvgIpc) is 2.86. The SMILES string of the molecule is C#CCN(c1ccc(N(CC(=O)OC)Sc2ccccc2)c2ccccc12)[C@@H](C)CC(=O)OC. The van der Waals surface area contributed by atoms with Gasteiger partial charge in [-0.1, -0.05) is 48.4 Å². The van der Waals surface area contributed by atoms with Crippen molar-refractivity contribution in [2.75, 3.05) is 36.5 Å². The van der Waals surface area contributed by atoms with Crippen LogP contribution in [-0.2, 0) is 19.1 Å². The molecular weight excluding hydrogens is 448 g/mol. The Kier molecular flexibility index (Phi) is 8.83. The molecule has 0 saturated carbocycles. The van der Waals surface area contributed by atoms with E-state index in [-0.39, 0.29) is 30.9 Å². The molecule has 0 radical (unpaired) electrons. The Morgan fingerprint density at radius 1 is 0.912 bits per heavy atom. The molecule has 7 heteroatoms. The molecule has 3 aromatic rings. The standard InChI is InChI=1S/C27H28N2O4S/c1-5-17-28(20(2)18-26(30)32-3)24-15-16-25(23-14-10-9-13-22(23)24)29(19-27(31)33-4)34-21-11-7-6-8-12-21/h1,6-16,20H,17-19H2,2-4H3/t20-/m0/s1. The molecule has 0 unspecified atom stereocenters. The summed E-state index contributed by atoms with van der Waals surface area (Å²) in [6.07, 6.45) is 5.89. The van der Waals surface area contributed by atoms with Gasteiger partial charge in [-0.15, -0.1) is 6.42 Å². The average molecular weight is 477 g/mol. The fourth-order valence-corrected chi connectivity index (χ4v) is 4.66. The number of fused-ring (bicyclic) bond motifs is 1. The molecule has 0 N–H and O–H groups in total. The van der Waals surface area contributed by atoms with Gasteiger partial charge in [-0.3, -0.25) is 9.59 Å². The number of terminal acetylenes is 1. The molecule has 0 fully saturated rings. The van der Waals surface area contributed by atoms with E-state index < -0.39 is 0 Å². The van der Waals surface area contributed by atoms with Gasteiger partial charge in [0.25, 0.3) is 0 Å². The van der Waals surface area contributed by atoms with Crippen LogP contribution in [0.25, 0.3) is 10.8 Å². The number of carbonyl (C=O) groups is 2. The lowest BCUT2D eigenvalue weighted by molar-refractivity contribution is -0.141. The van der Waals surface area contributed by atoms with E-state index in [4.69, 9.17) is 15.9 Å².